The van der Waals surface area contributed by atoms with E-state index in [2.05, 4.69) is 65.1 Å². The summed E-state index contributed by atoms with van der Waals surface area (Å²) in [6.07, 6.45) is 1.04. The largest absolute Gasteiger partial charge is 4.00 e. The van der Waals surface area contributed by atoms with Crippen LogP contribution in [-0.2, 0) is 32.6 Å². The normalized spacial score (nSPS) is 9.68. The van der Waals surface area contributed by atoms with Gasteiger partial charge in [0.2, 0.25) is 0 Å². The maximum Gasteiger partial charge on any atom is 4.00 e. The van der Waals surface area contributed by atoms with E-state index in [-0.39, 0.29) is 51.0 Å². The first-order chi connectivity index (χ1) is 9.34. The van der Waals surface area contributed by atoms with E-state index in [1.165, 1.54) is 25.8 Å². The molecule has 0 atom stereocenters. The minimum absolute atomic E-state index is 0. The van der Waals surface area contributed by atoms with Gasteiger partial charge in [-0.1, -0.05) is 61.6 Å². The maximum absolute atomic E-state index is 3.42. The summed E-state index contributed by atoms with van der Waals surface area (Å²) in [4.78, 5) is 0. The molecule has 0 fully saturated rings. The van der Waals surface area contributed by atoms with Gasteiger partial charge in [0.15, 0.2) is 0 Å². The first-order valence-electron chi connectivity index (χ1n) is 6.30. The van der Waals surface area contributed by atoms with Crippen LogP contribution in [0.2, 0.25) is 0 Å². The van der Waals surface area contributed by atoms with Crippen molar-refractivity contribution in [2.75, 3.05) is 0 Å². The van der Waals surface area contributed by atoms with Crippen molar-refractivity contribution in [2.24, 2.45) is 0 Å². The van der Waals surface area contributed by atoms with Crippen molar-refractivity contribution < 1.29 is 51.0 Å². The Labute approximate surface area is 177 Å². The number of hydrogen-bond acceptors (Lipinski definition) is 0. The Morgan fingerprint density at radius 2 is 1.55 bits per heavy atom. The Hall–Kier alpha value is -0.0169. The number of fused-ring (bicyclic) bond motifs is 3. The summed E-state index contributed by atoms with van der Waals surface area (Å²) < 4.78 is 1.20. The summed E-state index contributed by atoms with van der Waals surface area (Å²) >= 11 is 2.32. The van der Waals surface area contributed by atoms with Gasteiger partial charge in [0.25, 0.3) is 0 Å². The molecule has 0 spiro atoms. The van der Waals surface area contributed by atoms with Crippen LogP contribution in [0.4, 0.5) is 0 Å². The minimum atomic E-state index is 0. The van der Waals surface area contributed by atoms with E-state index in [1.54, 1.807) is 0 Å². The van der Waals surface area contributed by atoms with Crippen LogP contribution in [0.5, 0.6) is 0 Å². The topological polar surface area (TPSA) is 0 Å². The van der Waals surface area contributed by atoms with E-state index in [9.17, 15) is 0 Å². The van der Waals surface area contributed by atoms with Gasteiger partial charge in [0.05, 0.1) is 0 Å². The van der Waals surface area contributed by atoms with Crippen molar-refractivity contribution in [2.45, 2.75) is 6.42 Å². The molecule has 3 aromatic carbocycles. The van der Waals surface area contributed by atoms with E-state index in [4.69, 9.17) is 0 Å². The Kier molecular flexibility index (Phi) is 10.7. The molecule has 0 unspecified atom stereocenters. The third kappa shape index (κ3) is 5.26. The summed E-state index contributed by atoms with van der Waals surface area (Å²) in [5.41, 5.74) is 5.52. The molecule has 0 saturated heterocycles. The fraction of sp³-hybridized carbons (Fsp3) is 0.0556. The molecule has 0 radical (unpaired) electrons. The fourth-order valence-corrected chi connectivity index (χ4v) is 2.86. The number of halogens is 3. The predicted octanol–water partition coefficient (Wildman–Crippen LogP) is -0.926. The summed E-state index contributed by atoms with van der Waals surface area (Å²) in [5.74, 6) is 0. The molecule has 4 heteroatoms. The molecule has 22 heavy (non-hydrogen) atoms. The monoisotopic (exact) mass is 516 g/mol. The van der Waals surface area contributed by atoms with Gasteiger partial charge >= 0.3 is 26.2 Å². The first kappa shape index (κ1) is 22.0. The molecule has 110 valence electrons. The Morgan fingerprint density at radius 1 is 0.864 bits per heavy atom. The molecule has 0 aliphatic heterocycles. The fourth-order valence-electron chi connectivity index (χ4n) is 2.35. The van der Waals surface area contributed by atoms with Crippen LogP contribution in [0.25, 0.3) is 11.1 Å². The quantitative estimate of drug-likeness (QED) is 0.209. The van der Waals surface area contributed by atoms with Gasteiger partial charge in [-0.15, -0.1) is 11.1 Å². The molecule has 0 saturated carbocycles. The molecule has 3 aromatic rings. The van der Waals surface area contributed by atoms with Gasteiger partial charge < -0.3 is 24.8 Å². The molecular formula is C18H13Cl2IZr. The molecule has 0 N–H and O–H groups in total. The Bertz CT molecular complexity index is 664. The van der Waals surface area contributed by atoms with Crippen molar-refractivity contribution in [1.82, 2.24) is 0 Å². The van der Waals surface area contributed by atoms with Gasteiger partial charge in [0.1, 0.15) is 0 Å². The minimum Gasteiger partial charge on any atom is -1.00 e. The molecule has 0 heterocycles. The van der Waals surface area contributed by atoms with E-state index < -0.39 is 0 Å². The van der Waals surface area contributed by atoms with Crippen LogP contribution in [0, 0.1) is 9.64 Å². The second kappa shape index (κ2) is 10.7. The smallest absolute Gasteiger partial charge is 1.00 e. The van der Waals surface area contributed by atoms with Crippen molar-refractivity contribution >= 4 is 22.6 Å². The predicted molar refractivity (Wildman–Crippen MR) is 88.3 cm³/mol. The van der Waals surface area contributed by atoms with Gasteiger partial charge in [-0.25, -0.2) is 12.1 Å². The summed E-state index contributed by atoms with van der Waals surface area (Å²) in [7, 11) is 0. The Morgan fingerprint density at radius 3 is 2.18 bits per heavy atom. The van der Waals surface area contributed by atoms with Crippen molar-refractivity contribution in [3.05, 3.63) is 87.5 Å². The van der Waals surface area contributed by atoms with E-state index in [0.29, 0.717) is 0 Å². The zero-order valence-electron chi connectivity index (χ0n) is 11.7. The van der Waals surface area contributed by atoms with Crippen molar-refractivity contribution in [3.63, 3.8) is 0 Å². The molecule has 0 bridgehead atoms. The SMILES string of the molecule is Ic1[c-]c2c(cc1)-c1ccccc1C2.[Cl-].[Cl-].[Zr+4].c1cc[cH-]c1. The van der Waals surface area contributed by atoms with Gasteiger partial charge in [-0.3, -0.25) is 0 Å². The third-order valence-electron chi connectivity index (χ3n) is 3.22. The zero-order valence-corrected chi connectivity index (χ0v) is 17.8. The zero-order chi connectivity index (χ0) is 13.1. The molecule has 1 aliphatic carbocycles. The van der Waals surface area contributed by atoms with Crippen LogP contribution in [-0.4, -0.2) is 0 Å². The maximum atomic E-state index is 3.42. The van der Waals surface area contributed by atoms with Crippen LogP contribution in [0.3, 0.4) is 0 Å². The van der Waals surface area contributed by atoms with Gasteiger partial charge in [0, 0.05) is 0 Å². The number of rotatable bonds is 0. The van der Waals surface area contributed by atoms with Crippen molar-refractivity contribution in [1.29, 1.82) is 0 Å². The third-order valence-corrected chi connectivity index (χ3v) is 3.85. The van der Waals surface area contributed by atoms with Crippen LogP contribution < -0.4 is 24.8 Å². The van der Waals surface area contributed by atoms with Gasteiger partial charge in [-0.05, 0) is 6.42 Å². The number of hydrogen-bond donors (Lipinski definition) is 0. The average molecular weight is 518 g/mol. The molecular weight excluding hydrogens is 505 g/mol. The van der Waals surface area contributed by atoms with Crippen LogP contribution >= 0.6 is 22.6 Å². The average Bonchev–Trinajstić information content (AvgIpc) is 3.09. The van der Waals surface area contributed by atoms with E-state index in [1.807, 2.05) is 30.3 Å². The summed E-state index contributed by atoms with van der Waals surface area (Å²) in [5, 5.41) is 0. The molecule has 0 amide bonds. The van der Waals surface area contributed by atoms with Crippen LogP contribution in [0.15, 0.2) is 66.7 Å². The second-order valence-electron chi connectivity index (χ2n) is 4.49. The molecule has 4 rings (SSSR count). The molecule has 1 aliphatic rings. The number of benzene rings is 2. The summed E-state index contributed by atoms with van der Waals surface area (Å²) in [6, 6.07) is 26.4. The van der Waals surface area contributed by atoms with E-state index >= 15 is 0 Å². The second-order valence-corrected chi connectivity index (χ2v) is 5.66. The molecule has 0 nitrogen and oxygen atoms in total. The Balaban J connectivity index is 0.000000482. The van der Waals surface area contributed by atoms with Gasteiger partial charge in [-0.2, -0.15) is 36.4 Å². The standard InChI is InChI=1S/C13H8I.C5H5.2ClH.Zr/c14-11-5-6-13-10(8-11)7-9-3-1-2-4-12(9)13;1-2-4-5-3-1;;;/h1-6H,7H2;1-5H;2*1H;/q2*-1;;;+4/p-2. The van der Waals surface area contributed by atoms with Crippen LogP contribution in [0.1, 0.15) is 11.1 Å². The first-order valence-corrected chi connectivity index (χ1v) is 7.38. The molecule has 0 aromatic heterocycles. The van der Waals surface area contributed by atoms with Crippen molar-refractivity contribution in [3.8, 4) is 11.1 Å². The van der Waals surface area contributed by atoms with E-state index in [0.717, 1.165) is 6.42 Å². The summed E-state index contributed by atoms with van der Waals surface area (Å²) in [6.45, 7) is 0.